The summed E-state index contributed by atoms with van der Waals surface area (Å²) < 4.78 is 1.02. The van der Waals surface area contributed by atoms with Crippen molar-refractivity contribution in [2.24, 2.45) is 5.84 Å². The lowest BCUT2D eigenvalue weighted by Crippen LogP contribution is -2.30. The summed E-state index contributed by atoms with van der Waals surface area (Å²) >= 11 is 9.42. The summed E-state index contributed by atoms with van der Waals surface area (Å²) in [5, 5.41) is 0.527. The number of hydrogen-bond acceptors (Lipinski definition) is 4. The molecule has 2 aromatic rings. The minimum absolute atomic E-state index is 0.251. The van der Waals surface area contributed by atoms with Gasteiger partial charge in [0.25, 0.3) is 0 Å². The molecule has 2 rings (SSSR count). The Balaban J connectivity index is 2.52. The quantitative estimate of drug-likeness (QED) is 0.592. The van der Waals surface area contributed by atoms with Gasteiger partial charge in [0.1, 0.15) is 5.82 Å². The van der Waals surface area contributed by atoms with Crippen LogP contribution in [-0.4, -0.2) is 4.98 Å². The fourth-order valence-corrected chi connectivity index (χ4v) is 2.65. The highest BCUT2D eigenvalue weighted by Crippen LogP contribution is 2.30. The highest BCUT2D eigenvalue weighted by molar-refractivity contribution is 9.10. The van der Waals surface area contributed by atoms with Gasteiger partial charge >= 0.3 is 0 Å². The van der Waals surface area contributed by atoms with E-state index >= 15 is 0 Å². The number of halogens is 2. The Morgan fingerprint density at radius 1 is 1.32 bits per heavy atom. The van der Waals surface area contributed by atoms with Gasteiger partial charge in [-0.25, -0.2) is 10.4 Å². The minimum Gasteiger partial charge on any atom is -0.383 e. The lowest BCUT2D eigenvalue weighted by atomic mass is 9.96. The van der Waals surface area contributed by atoms with Crippen molar-refractivity contribution in [3.63, 3.8) is 0 Å². The highest BCUT2D eigenvalue weighted by atomic mass is 79.9. The van der Waals surface area contributed by atoms with Gasteiger partial charge in [0.2, 0.25) is 0 Å². The Hall–Kier alpha value is -1.14. The number of hydrogen-bond donors (Lipinski definition) is 3. The molecular weight excluding hydrogens is 328 g/mol. The fraction of sp³-hybridized carbons (Fsp3) is 0.154. The predicted octanol–water partition coefficient (Wildman–Crippen LogP) is 2.94. The number of anilines is 1. The molecule has 0 bridgehead atoms. The van der Waals surface area contributed by atoms with Crippen LogP contribution in [0.5, 0.6) is 0 Å². The summed E-state index contributed by atoms with van der Waals surface area (Å²) in [7, 11) is 0. The molecule has 0 fully saturated rings. The molecule has 19 heavy (non-hydrogen) atoms. The van der Waals surface area contributed by atoms with Crippen LogP contribution >= 0.6 is 27.5 Å². The summed E-state index contributed by atoms with van der Waals surface area (Å²) in [5.41, 5.74) is 11.6. The number of nitrogen functional groups attached to an aromatic ring is 1. The van der Waals surface area contributed by atoms with Crippen molar-refractivity contribution in [1.29, 1.82) is 0 Å². The molecule has 0 aliphatic heterocycles. The Morgan fingerprint density at radius 3 is 2.68 bits per heavy atom. The van der Waals surface area contributed by atoms with Gasteiger partial charge in [-0.1, -0.05) is 33.6 Å². The normalized spacial score (nSPS) is 12.4. The second-order valence-electron chi connectivity index (χ2n) is 4.23. The first-order valence-electron chi connectivity index (χ1n) is 5.66. The number of pyridine rings is 1. The predicted molar refractivity (Wildman–Crippen MR) is 81.7 cm³/mol. The molecule has 0 spiro atoms. The number of hydrazine groups is 1. The fourth-order valence-electron chi connectivity index (χ4n) is 2.01. The molecule has 6 heteroatoms. The molecule has 1 unspecified atom stereocenters. The Labute approximate surface area is 125 Å². The van der Waals surface area contributed by atoms with Crippen LogP contribution in [0.25, 0.3) is 0 Å². The molecule has 1 heterocycles. The van der Waals surface area contributed by atoms with Crippen LogP contribution in [-0.2, 0) is 0 Å². The van der Waals surface area contributed by atoms with Crippen molar-refractivity contribution < 1.29 is 0 Å². The summed E-state index contributed by atoms with van der Waals surface area (Å²) in [4.78, 5) is 4.06. The average Bonchev–Trinajstić information content (AvgIpc) is 2.36. The first-order chi connectivity index (χ1) is 9.02. The first-order valence-corrected chi connectivity index (χ1v) is 6.83. The van der Waals surface area contributed by atoms with Crippen molar-refractivity contribution in [2.75, 3.05) is 5.73 Å². The van der Waals surface area contributed by atoms with E-state index in [9.17, 15) is 0 Å². The van der Waals surface area contributed by atoms with Gasteiger partial charge in [0.05, 0.1) is 11.1 Å². The maximum absolute atomic E-state index is 5.98. The van der Waals surface area contributed by atoms with Crippen LogP contribution in [0.3, 0.4) is 0 Å². The second kappa shape index (κ2) is 5.88. The summed E-state index contributed by atoms with van der Waals surface area (Å²) in [6, 6.07) is 7.49. The van der Waals surface area contributed by atoms with Crippen LogP contribution < -0.4 is 17.0 Å². The SMILES string of the molecule is Cc1cc(Br)ccc1C(NN)c1cc(Cl)cnc1N. The Bertz CT molecular complexity index is 603. The third kappa shape index (κ3) is 3.06. The highest BCUT2D eigenvalue weighted by Gasteiger charge is 2.18. The van der Waals surface area contributed by atoms with Crippen molar-refractivity contribution in [3.05, 3.63) is 56.6 Å². The van der Waals surface area contributed by atoms with E-state index in [0.29, 0.717) is 10.8 Å². The van der Waals surface area contributed by atoms with Gasteiger partial charge in [-0.2, -0.15) is 0 Å². The lowest BCUT2D eigenvalue weighted by molar-refractivity contribution is 0.633. The van der Waals surface area contributed by atoms with Crippen molar-refractivity contribution in [3.8, 4) is 0 Å². The van der Waals surface area contributed by atoms with E-state index in [1.165, 1.54) is 6.20 Å². The molecule has 0 aliphatic rings. The zero-order valence-electron chi connectivity index (χ0n) is 10.3. The van der Waals surface area contributed by atoms with E-state index in [2.05, 4.69) is 26.3 Å². The van der Waals surface area contributed by atoms with Gasteiger partial charge in [0, 0.05) is 16.2 Å². The van der Waals surface area contributed by atoms with Crippen LogP contribution in [0.15, 0.2) is 34.9 Å². The molecule has 0 amide bonds. The number of aromatic nitrogens is 1. The molecule has 0 saturated carbocycles. The molecule has 0 saturated heterocycles. The second-order valence-corrected chi connectivity index (χ2v) is 5.58. The lowest BCUT2D eigenvalue weighted by Gasteiger charge is -2.20. The van der Waals surface area contributed by atoms with Crippen molar-refractivity contribution in [1.82, 2.24) is 10.4 Å². The van der Waals surface area contributed by atoms with Crippen LogP contribution in [0.2, 0.25) is 5.02 Å². The van der Waals surface area contributed by atoms with Gasteiger partial charge in [0.15, 0.2) is 0 Å². The maximum Gasteiger partial charge on any atom is 0.128 e. The standard InChI is InChI=1S/C13H14BrClN4/c1-7-4-8(14)2-3-10(7)12(19-17)11-5-9(15)6-18-13(11)16/h2-6,12,19H,17H2,1H3,(H2,16,18). The largest absolute Gasteiger partial charge is 0.383 e. The molecule has 0 radical (unpaired) electrons. The topological polar surface area (TPSA) is 77.0 Å². The molecule has 1 atom stereocenters. The van der Waals surface area contributed by atoms with Crippen LogP contribution in [0.1, 0.15) is 22.7 Å². The third-order valence-electron chi connectivity index (χ3n) is 2.94. The Kier molecular flexibility index (Phi) is 4.42. The van der Waals surface area contributed by atoms with Crippen molar-refractivity contribution >= 4 is 33.3 Å². The van der Waals surface area contributed by atoms with E-state index in [1.807, 2.05) is 25.1 Å². The molecule has 1 aromatic carbocycles. The van der Waals surface area contributed by atoms with E-state index in [0.717, 1.165) is 21.2 Å². The molecule has 4 nitrogen and oxygen atoms in total. The number of nitrogens with one attached hydrogen (secondary N) is 1. The number of nitrogens with zero attached hydrogens (tertiary/aromatic N) is 1. The zero-order valence-corrected chi connectivity index (χ0v) is 12.7. The summed E-state index contributed by atoms with van der Waals surface area (Å²) in [6.07, 6.45) is 1.52. The summed E-state index contributed by atoms with van der Waals surface area (Å²) in [6.45, 7) is 2.01. The maximum atomic E-state index is 5.98. The van der Waals surface area contributed by atoms with Gasteiger partial charge < -0.3 is 5.73 Å². The van der Waals surface area contributed by atoms with Crippen LogP contribution in [0.4, 0.5) is 5.82 Å². The molecular formula is C13H14BrClN4. The van der Waals surface area contributed by atoms with E-state index in [4.69, 9.17) is 23.2 Å². The molecule has 5 N–H and O–H groups in total. The van der Waals surface area contributed by atoms with Gasteiger partial charge in [-0.15, -0.1) is 0 Å². The number of aryl methyl sites for hydroxylation is 1. The molecule has 0 aliphatic carbocycles. The number of nitrogens with two attached hydrogens (primary N) is 2. The van der Waals surface area contributed by atoms with E-state index < -0.39 is 0 Å². The van der Waals surface area contributed by atoms with Gasteiger partial charge in [-0.05, 0) is 36.2 Å². The summed E-state index contributed by atoms with van der Waals surface area (Å²) in [5.74, 6) is 6.09. The van der Waals surface area contributed by atoms with E-state index in [-0.39, 0.29) is 6.04 Å². The van der Waals surface area contributed by atoms with Gasteiger partial charge in [-0.3, -0.25) is 5.84 Å². The van der Waals surface area contributed by atoms with Crippen molar-refractivity contribution in [2.45, 2.75) is 13.0 Å². The molecule has 1 aromatic heterocycles. The van der Waals surface area contributed by atoms with Crippen LogP contribution in [0, 0.1) is 6.92 Å². The number of rotatable bonds is 3. The smallest absolute Gasteiger partial charge is 0.128 e. The zero-order chi connectivity index (χ0) is 14.0. The third-order valence-corrected chi connectivity index (χ3v) is 3.64. The monoisotopic (exact) mass is 340 g/mol. The minimum atomic E-state index is -0.251. The van der Waals surface area contributed by atoms with E-state index in [1.54, 1.807) is 6.07 Å². The average molecular weight is 342 g/mol. The Morgan fingerprint density at radius 2 is 2.05 bits per heavy atom. The number of benzene rings is 1. The molecule has 100 valence electrons. The first kappa shape index (κ1) is 14.3.